The Morgan fingerprint density at radius 2 is 1.82 bits per heavy atom. The highest BCUT2D eigenvalue weighted by atomic mass is 16.5. The molecule has 0 saturated heterocycles. The zero-order chi connectivity index (χ0) is 13.3. The van der Waals surface area contributed by atoms with Crippen molar-refractivity contribution in [1.29, 1.82) is 0 Å². The Hall–Kier alpha value is -0.790. The second-order valence-corrected chi connectivity index (χ2v) is 5.57. The second kappa shape index (κ2) is 9.26. The van der Waals surface area contributed by atoms with Crippen molar-refractivity contribution in [3.63, 3.8) is 0 Å². The minimum atomic E-state index is -0.0588. The van der Waals surface area contributed by atoms with Gasteiger partial charge in [0.05, 0.1) is 6.61 Å². The molecule has 0 aliphatic heterocycles. The van der Waals surface area contributed by atoms with Crippen molar-refractivity contribution in [2.45, 2.75) is 60.3 Å². The molecule has 0 N–H and O–H groups in total. The van der Waals surface area contributed by atoms with E-state index in [0.717, 1.165) is 12.8 Å². The lowest BCUT2D eigenvalue weighted by molar-refractivity contribution is -0.144. The summed E-state index contributed by atoms with van der Waals surface area (Å²) >= 11 is 0. The first-order valence-corrected chi connectivity index (χ1v) is 6.70. The van der Waals surface area contributed by atoms with E-state index in [1.807, 2.05) is 13.8 Å². The maximum Gasteiger partial charge on any atom is 0.306 e. The van der Waals surface area contributed by atoms with Gasteiger partial charge in [-0.2, -0.15) is 0 Å². The Morgan fingerprint density at radius 1 is 1.18 bits per heavy atom. The molecule has 1 atom stereocenters. The van der Waals surface area contributed by atoms with Crippen LogP contribution in [0.25, 0.3) is 0 Å². The summed E-state index contributed by atoms with van der Waals surface area (Å²) in [6.07, 6.45) is 6.07. The molecule has 0 radical (unpaired) electrons. The molecule has 0 aliphatic carbocycles. The van der Waals surface area contributed by atoms with E-state index in [1.165, 1.54) is 12.0 Å². The minimum Gasteiger partial charge on any atom is -0.466 e. The first-order chi connectivity index (χ1) is 7.91. The molecular weight excluding hydrogens is 212 g/mol. The fourth-order valence-corrected chi connectivity index (χ4v) is 1.57. The van der Waals surface area contributed by atoms with E-state index in [9.17, 15) is 4.79 Å². The SMILES string of the molecule is CC(C)=CCCC(C)CCOC(=O)CC(C)C. The van der Waals surface area contributed by atoms with Crippen LogP contribution in [0.15, 0.2) is 11.6 Å². The molecule has 0 aromatic heterocycles. The number of ether oxygens (including phenoxy) is 1. The van der Waals surface area contributed by atoms with Crippen molar-refractivity contribution < 1.29 is 9.53 Å². The van der Waals surface area contributed by atoms with Crippen LogP contribution in [0, 0.1) is 11.8 Å². The second-order valence-electron chi connectivity index (χ2n) is 5.57. The van der Waals surface area contributed by atoms with Crippen LogP contribution in [0.1, 0.15) is 60.3 Å². The van der Waals surface area contributed by atoms with Crippen LogP contribution in [0.5, 0.6) is 0 Å². The van der Waals surface area contributed by atoms with Gasteiger partial charge < -0.3 is 4.74 Å². The van der Waals surface area contributed by atoms with Crippen molar-refractivity contribution in [2.24, 2.45) is 11.8 Å². The molecule has 1 unspecified atom stereocenters. The Morgan fingerprint density at radius 3 is 2.35 bits per heavy atom. The highest BCUT2D eigenvalue weighted by Gasteiger charge is 2.07. The van der Waals surface area contributed by atoms with Gasteiger partial charge in [0.15, 0.2) is 0 Å². The lowest BCUT2D eigenvalue weighted by Gasteiger charge is -2.11. The van der Waals surface area contributed by atoms with E-state index < -0.39 is 0 Å². The smallest absolute Gasteiger partial charge is 0.306 e. The molecule has 0 aromatic rings. The molecule has 2 heteroatoms. The number of carbonyl (C=O) groups excluding carboxylic acids is 1. The van der Waals surface area contributed by atoms with Gasteiger partial charge in [0, 0.05) is 6.42 Å². The lowest BCUT2D eigenvalue weighted by atomic mass is 10.0. The van der Waals surface area contributed by atoms with Gasteiger partial charge in [-0.3, -0.25) is 4.79 Å². The molecule has 0 aromatic carbocycles. The normalized spacial score (nSPS) is 12.4. The zero-order valence-corrected chi connectivity index (χ0v) is 12.1. The van der Waals surface area contributed by atoms with E-state index in [1.54, 1.807) is 0 Å². The number of hydrogen-bond acceptors (Lipinski definition) is 2. The van der Waals surface area contributed by atoms with E-state index in [0.29, 0.717) is 24.9 Å². The Bertz CT molecular complexity index is 237. The molecule has 0 bridgehead atoms. The summed E-state index contributed by atoms with van der Waals surface area (Å²) in [4.78, 5) is 11.3. The molecule has 100 valence electrons. The summed E-state index contributed by atoms with van der Waals surface area (Å²) in [6, 6.07) is 0. The topological polar surface area (TPSA) is 26.3 Å². The predicted molar refractivity (Wildman–Crippen MR) is 72.9 cm³/mol. The van der Waals surface area contributed by atoms with E-state index in [4.69, 9.17) is 4.74 Å². The standard InChI is InChI=1S/C15H28O2/c1-12(2)7-6-8-14(5)9-10-17-15(16)11-13(3)4/h7,13-14H,6,8-11H2,1-5H3. The van der Waals surface area contributed by atoms with Crippen LogP contribution in [0.4, 0.5) is 0 Å². The van der Waals surface area contributed by atoms with Crippen molar-refractivity contribution >= 4 is 5.97 Å². The molecule has 17 heavy (non-hydrogen) atoms. The fraction of sp³-hybridized carbons (Fsp3) is 0.800. The number of esters is 1. The summed E-state index contributed by atoms with van der Waals surface area (Å²) in [5.74, 6) is 0.950. The quantitative estimate of drug-likeness (QED) is 0.466. The molecule has 0 fully saturated rings. The first-order valence-electron chi connectivity index (χ1n) is 6.70. The Balaban J connectivity index is 3.54. The molecule has 0 saturated carbocycles. The van der Waals surface area contributed by atoms with Gasteiger partial charge in [-0.05, 0) is 44.9 Å². The minimum absolute atomic E-state index is 0.0588. The Labute approximate surface area is 106 Å². The Kier molecular flexibility index (Phi) is 8.83. The zero-order valence-electron chi connectivity index (χ0n) is 12.1. The third kappa shape index (κ3) is 11.5. The molecule has 0 heterocycles. The summed E-state index contributed by atoms with van der Waals surface area (Å²) in [6.45, 7) is 11.1. The van der Waals surface area contributed by atoms with Crippen molar-refractivity contribution in [3.05, 3.63) is 11.6 Å². The fourth-order valence-electron chi connectivity index (χ4n) is 1.57. The number of allylic oxidation sites excluding steroid dienone is 2. The largest absolute Gasteiger partial charge is 0.466 e. The lowest BCUT2D eigenvalue weighted by Crippen LogP contribution is -2.10. The van der Waals surface area contributed by atoms with Crippen molar-refractivity contribution in [3.8, 4) is 0 Å². The molecule has 0 spiro atoms. The third-order valence-corrected chi connectivity index (χ3v) is 2.66. The number of rotatable bonds is 8. The monoisotopic (exact) mass is 240 g/mol. The van der Waals surface area contributed by atoms with Crippen LogP contribution in [0.3, 0.4) is 0 Å². The summed E-state index contributed by atoms with van der Waals surface area (Å²) in [7, 11) is 0. The van der Waals surface area contributed by atoms with Gasteiger partial charge in [-0.15, -0.1) is 0 Å². The molecular formula is C15H28O2. The van der Waals surface area contributed by atoms with Crippen LogP contribution >= 0.6 is 0 Å². The average molecular weight is 240 g/mol. The third-order valence-electron chi connectivity index (χ3n) is 2.66. The van der Waals surface area contributed by atoms with Crippen LogP contribution in [-0.4, -0.2) is 12.6 Å². The van der Waals surface area contributed by atoms with Crippen LogP contribution in [0.2, 0.25) is 0 Å². The van der Waals surface area contributed by atoms with Crippen LogP contribution < -0.4 is 0 Å². The predicted octanol–water partition coefficient (Wildman–Crippen LogP) is 4.35. The van der Waals surface area contributed by atoms with Gasteiger partial charge in [0.2, 0.25) is 0 Å². The van der Waals surface area contributed by atoms with E-state index >= 15 is 0 Å². The molecule has 0 rings (SSSR count). The highest BCUT2D eigenvalue weighted by molar-refractivity contribution is 5.69. The van der Waals surface area contributed by atoms with Gasteiger partial charge in [0.25, 0.3) is 0 Å². The average Bonchev–Trinajstić information content (AvgIpc) is 2.15. The highest BCUT2D eigenvalue weighted by Crippen LogP contribution is 2.12. The summed E-state index contributed by atoms with van der Waals surface area (Å²) < 4.78 is 5.20. The van der Waals surface area contributed by atoms with Gasteiger partial charge in [0.1, 0.15) is 0 Å². The number of hydrogen-bond donors (Lipinski definition) is 0. The maximum atomic E-state index is 11.3. The van der Waals surface area contributed by atoms with E-state index in [-0.39, 0.29) is 5.97 Å². The van der Waals surface area contributed by atoms with Crippen LogP contribution in [-0.2, 0) is 9.53 Å². The molecule has 2 nitrogen and oxygen atoms in total. The summed E-state index contributed by atoms with van der Waals surface area (Å²) in [5, 5.41) is 0. The van der Waals surface area contributed by atoms with Crippen molar-refractivity contribution in [1.82, 2.24) is 0 Å². The molecule has 0 aliphatic rings. The summed E-state index contributed by atoms with van der Waals surface area (Å²) in [5.41, 5.74) is 1.38. The van der Waals surface area contributed by atoms with Crippen molar-refractivity contribution in [2.75, 3.05) is 6.61 Å². The van der Waals surface area contributed by atoms with Gasteiger partial charge in [-0.1, -0.05) is 32.4 Å². The van der Waals surface area contributed by atoms with E-state index in [2.05, 4.69) is 26.8 Å². The maximum absolute atomic E-state index is 11.3. The van der Waals surface area contributed by atoms with Gasteiger partial charge in [-0.25, -0.2) is 0 Å². The van der Waals surface area contributed by atoms with Gasteiger partial charge >= 0.3 is 5.97 Å². The number of carbonyl (C=O) groups is 1. The molecule has 0 amide bonds. The first kappa shape index (κ1) is 16.2.